The lowest BCUT2D eigenvalue weighted by Crippen LogP contribution is -2.28. The molecule has 2 heterocycles. The first-order valence-corrected chi connectivity index (χ1v) is 12.8. The van der Waals surface area contributed by atoms with E-state index in [0.717, 1.165) is 11.1 Å². The minimum absolute atomic E-state index is 0.0222. The molecular formula is C25H25ClN2O6S. The van der Waals surface area contributed by atoms with Crippen LogP contribution in [0.15, 0.2) is 51.8 Å². The molecule has 0 saturated heterocycles. The van der Waals surface area contributed by atoms with Gasteiger partial charge in [-0.05, 0) is 62.4 Å². The van der Waals surface area contributed by atoms with Crippen LogP contribution in [0, 0.1) is 13.8 Å². The zero-order valence-corrected chi connectivity index (χ0v) is 21.3. The van der Waals surface area contributed by atoms with Gasteiger partial charge in [-0.1, -0.05) is 28.9 Å². The number of methoxy groups -OCH3 is 1. The fourth-order valence-corrected chi connectivity index (χ4v) is 4.84. The maximum Gasteiger partial charge on any atom is 0.271 e. The average molecular weight is 517 g/mol. The van der Waals surface area contributed by atoms with Gasteiger partial charge in [0.2, 0.25) is 0 Å². The number of benzene rings is 2. The van der Waals surface area contributed by atoms with Gasteiger partial charge in [0.15, 0.2) is 0 Å². The first-order valence-electron chi connectivity index (χ1n) is 10.9. The molecule has 4 rings (SSSR count). The Kier molecular flexibility index (Phi) is 6.77. The van der Waals surface area contributed by atoms with Gasteiger partial charge < -0.3 is 13.8 Å². The number of ether oxygens (including phenoxy) is 1. The molecule has 2 aromatic carbocycles. The van der Waals surface area contributed by atoms with Crippen LogP contribution < -0.4 is 10.3 Å². The van der Waals surface area contributed by atoms with Crippen LogP contribution in [0.4, 0.5) is 0 Å². The van der Waals surface area contributed by atoms with E-state index in [-0.39, 0.29) is 12.1 Å². The van der Waals surface area contributed by atoms with E-state index in [4.69, 9.17) is 20.9 Å². The molecule has 10 heteroatoms. The molecule has 184 valence electrons. The standard InChI is InChI=1S/C25H25ClN2O6S/c1-14-24(15(2)34-27-14)21-12-18-11-20(16(3)35(30,31)32)25(29)28(22(18)13-23(21)33-4)10-9-17-5-7-19(26)8-6-17/h5-8,11-13,16H,9-10H2,1-4H3,(H,30,31,32). The van der Waals surface area contributed by atoms with Gasteiger partial charge in [0.05, 0.1) is 23.9 Å². The van der Waals surface area contributed by atoms with Gasteiger partial charge in [0.1, 0.15) is 16.8 Å². The van der Waals surface area contributed by atoms with E-state index in [1.54, 1.807) is 25.1 Å². The van der Waals surface area contributed by atoms with Crippen LogP contribution in [0.5, 0.6) is 5.75 Å². The maximum atomic E-state index is 13.5. The molecule has 1 atom stereocenters. The molecule has 0 bridgehead atoms. The molecule has 0 radical (unpaired) electrons. The van der Waals surface area contributed by atoms with E-state index in [1.165, 1.54) is 24.7 Å². The summed E-state index contributed by atoms with van der Waals surface area (Å²) in [5.74, 6) is 1.12. The molecule has 0 amide bonds. The Hall–Kier alpha value is -3.14. The smallest absolute Gasteiger partial charge is 0.271 e. The van der Waals surface area contributed by atoms with Crippen LogP contribution in [0.1, 0.15) is 34.8 Å². The largest absolute Gasteiger partial charge is 0.496 e. The number of hydrogen-bond donors (Lipinski definition) is 1. The van der Waals surface area contributed by atoms with Gasteiger partial charge in [-0.25, -0.2) is 0 Å². The van der Waals surface area contributed by atoms with Gasteiger partial charge in [0.25, 0.3) is 15.7 Å². The molecule has 0 spiro atoms. The quantitative estimate of drug-likeness (QED) is 0.339. The summed E-state index contributed by atoms with van der Waals surface area (Å²) in [4.78, 5) is 13.5. The summed E-state index contributed by atoms with van der Waals surface area (Å²) in [5, 5.41) is 3.84. The number of pyridine rings is 1. The van der Waals surface area contributed by atoms with Crippen LogP contribution in [-0.2, 0) is 23.1 Å². The van der Waals surface area contributed by atoms with Crippen molar-refractivity contribution in [3.05, 3.63) is 80.4 Å². The maximum absolute atomic E-state index is 13.5. The van der Waals surface area contributed by atoms with Crippen molar-refractivity contribution in [2.75, 3.05) is 7.11 Å². The van der Waals surface area contributed by atoms with Crippen molar-refractivity contribution >= 4 is 32.6 Å². The fraction of sp³-hybridized carbons (Fsp3) is 0.280. The summed E-state index contributed by atoms with van der Waals surface area (Å²) in [6.45, 7) is 5.17. The van der Waals surface area contributed by atoms with Crippen molar-refractivity contribution in [1.82, 2.24) is 9.72 Å². The molecule has 0 aliphatic rings. The Morgan fingerprint density at radius 1 is 1.17 bits per heavy atom. The molecule has 8 nitrogen and oxygen atoms in total. The zero-order valence-electron chi connectivity index (χ0n) is 19.7. The SMILES string of the molecule is COc1cc2c(cc1-c1c(C)noc1C)cc(C(C)S(=O)(=O)O)c(=O)n2CCc1ccc(Cl)cc1. The molecule has 1 unspecified atom stereocenters. The molecule has 0 saturated carbocycles. The van der Waals surface area contributed by atoms with Gasteiger partial charge in [0, 0.05) is 28.8 Å². The van der Waals surface area contributed by atoms with Crippen molar-refractivity contribution in [2.45, 2.75) is 39.0 Å². The Morgan fingerprint density at radius 3 is 2.43 bits per heavy atom. The van der Waals surface area contributed by atoms with E-state index in [0.29, 0.717) is 45.1 Å². The summed E-state index contributed by atoms with van der Waals surface area (Å²) < 4.78 is 46.1. The second-order valence-electron chi connectivity index (χ2n) is 8.40. The minimum Gasteiger partial charge on any atom is -0.496 e. The highest BCUT2D eigenvalue weighted by atomic mass is 35.5. The van der Waals surface area contributed by atoms with Crippen molar-refractivity contribution in [1.29, 1.82) is 0 Å². The number of rotatable bonds is 7. The highest BCUT2D eigenvalue weighted by Gasteiger charge is 2.26. The fourth-order valence-electron chi connectivity index (χ4n) is 4.23. The third-order valence-corrected chi connectivity index (χ3v) is 7.57. The number of hydrogen-bond acceptors (Lipinski definition) is 6. The van der Waals surface area contributed by atoms with Crippen molar-refractivity contribution in [3.8, 4) is 16.9 Å². The first-order chi connectivity index (χ1) is 16.5. The lowest BCUT2D eigenvalue weighted by molar-refractivity contribution is 0.393. The van der Waals surface area contributed by atoms with E-state index in [2.05, 4.69) is 5.16 Å². The number of nitrogens with zero attached hydrogens (tertiary/aromatic N) is 2. The van der Waals surface area contributed by atoms with Gasteiger partial charge in [-0.15, -0.1) is 0 Å². The van der Waals surface area contributed by atoms with Crippen LogP contribution in [0.2, 0.25) is 5.02 Å². The molecule has 0 fully saturated rings. The Labute approximate surface area is 207 Å². The van der Waals surface area contributed by atoms with Crippen LogP contribution >= 0.6 is 11.6 Å². The molecule has 2 aromatic heterocycles. The van der Waals surface area contributed by atoms with E-state index >= 15 is 0 Å². The van der Waals surface area contributed by atoms with E-state index in [9.17, 15) is 17.8 Å². The number of aromatic nitrogens is 2. The molecular weight excluding hydrogens is 492 g/mol. The highest BCUT2D eigenvalue weighted by molar-refractivity contribution is 7.86. The van der Waals surface area contributed by atoms with Gasteiger partial charge in [-0.2, -0.15) is 8.42 Å². The van der Waals surface area contributed by atoms with Gasteiger partial charge >= 0.3 is 0 Å². The Balaban J connectivity index is 1.96. The van der Waals surface area contributed by atoms with Crippen molar-refractivity contribution in [2.24, 2.45) is 0 Å². The molecule has 0 aliphatic carbocycles. The summed E-state index contributed by atoms with van der Waals surface area (Å²) in [6.07, 6.45) is 0.504. The molecule has 0 aliphatic heterocycles. The Bertz CT molecular complexity index is 1550. The summed E-state index contributed by atoms with van der Waals surface area (Å²) in [7, 11) is -2.96. The zero-order chi connectivity index (χ0) is 25.5. The second kappa shape index (κ2) is 9.49. The first kappa shape index (κ1) is 25.0. The topological polar surface area (TPSA) is 112 Å². The minimum atomic E-state index is -4.49. The normalized spacial score (nSPS) is 12.7. The molecule has 4 aromatic rings. The summed E-state index contributed by atoms with van der Waals surface area (Å²) in [5.41, 5.74) is 3.14. The second-order valence-corrected chi connectivity index (χ2v) is 10.6. The van der Waals surface area contributed by atoms with E-state index < -0.39 is 20.9 Å². The number of halogens is 1. The van der Waals surface area contributed by atoms with E-state index in [1.807, 2.05) is 25.1 Å². The number of aryl methyl sites for hydroxylation is 4. The predicted octanol–water partition coefficient (Wildman–Crippen LogP) is 5.13. The molecule has 35 heavy (non-hydrogen) atoms. The lowest BCUT2D eigenvalue weighted by atomic mass is 9.99. The summed E-state index contributed by atoms with van der Waals surface area (Å²) >= 11 is 5.98. The highest BCUT2D eigenvalue weighted by Crippen LogP contribution is 2.38. The van der Waals surface area contributed by atoms with Gasteiger partial charge in [-0.3, -0.25) is 9.35 Å². The molecule has 1 N–H and O–H groups in total. The monoisotopic (exact) mass is 516 g/mol. The van der Waals surface area contributed by atoms with Crippen LogP contribution in [-0.4, -0.2) is 29.8 Å². The van der Waals surface area contributed by atoms with Crippen molar-refractivity contribution < 1.29 is 22.2 Å². The predicted molar refractivity (Wildman–Crippen MR) is 135 cm³/mol. The average Bonchev–Trinajstić information content (AvgIpc) is 3.15. The number of fused-ring (bicyclic) bond motifs is 1. The van der Waals surface area contributed by atoms with Crippen molar-refractivity contribution in [3.63, 3.8) is 0 Å². The van der Waals surface area contributed by atoms with Crippen LogP contribution in [0.3, 0.4) is 0 Å². The summed E-state index contributed by atoms with van der Waals surface area (Å²) in [6, 6.07) is 12.4. The third-order valence-electron chi connectivity index (χ3n) is 6.17. The van der Waals surface area contributed by atoms with Crippen LogP contribution in [0.25, 0.3) is 22.0 Å². The Morgan fingerprint density at radius 2 is 1.86 bits per heavy atom. The lowest BCUT2D eigenvalue weighted by Gasteiger charge is -2.18. The third kappa shape index (κ3) is 4.84.